The molecule has 0 saturated heterocycles. The van der Waals surface area contributed by atoms with E-state index in [0.29, 0.717) is 23.3 Å². The maximum Gasteiger partial charge on any atom is 0.273 e. The molecule has 11 nitrogen and oxygen atoms in total. The van der Waals surface area contributed by atoms with Crippen LogP contribution in [0, 0.1) is 0 Å². The molecular formula is C21H22N8O3. The highest BCUT2D eigenvalue weighted by molar-refractivity contribution is 5.91. The van der Waals surface area contributed by atoms with Gasteiger partial charge in [0.2, 0.25) is 5.95 Å². The summed E-state index contributed by atoms with van der Waals surface area (Å²) >= 11 is 0. The topological polar surface area (TPSA) is 154 Å². The van der Waals surface area contributed by atoms with Crippen LogP contribution < -0.4 is 16.0 Å². The molecule has 0 atom stereocenters. The Bertz CT molecular complexity index is 1200. The quantitative estimate of drug-likeness (QED) is 0.267. The van der Waals surface area contributed by atoms with Gasteiger partial charge in [-0.05, 0) is 36.6 Å². The number of carbonyl (C=O) groups excluding carboxylic acids is 1. The fourth-order valence-corrected chi connectivity index (χ4v) is 2.99. The number of aromatic hydroxyl groups is 1. The summed E-state index contributed by atoms with van der Waals surface area (Å²) < 4.78 is 5.13. The Morgan fingerprint density at radius 2 is 2.09 bits per heavy atom. The van der Waals surface area contributed by atoms with Crippen LogP contribution in [0.1, 0.15) is 27.5 Å². The monoisotopic (exact) mass is 434 g/mol. The number of hydrogen-bond acceptors (Lipinski definition) is 9. The number of anilines is 3. The molecule has 0 saturated carbocycles. The summed E-state index contributed by atoms with van der Waals surface area (Å²) in [4.78, 5) is 20.1. The van der Waals surface area contributed by atoms with Gasteiger partial charge in [-0.2, -0.15) is 10.1 Å². The molecule has 1 aromatic carbocycles. The number of hydrogen-bond donors (Lipinski definition) is 5. The standard InChI is InChI=1S/C21H22N8O3/c1-22-20(31)17-11-16(32-29-17)12-24-21-23-8-7-18(26-21)25-19-10-14(27-28-19)6-5-13-3-2-4-15(30)9-13/h2-4,7-11,30H,5-6,12H2,1H3,(H,22,31)(H3,23,24,25,26,27,28). The molecular weight excluding hydrogens is 412 g/mol. The third-order valence-electron chi connectivity index (χ3n) is 4.57. The van der Waals surface area contributed by atoms with Crippen LogP contribution in [-0.4, -0.2) is 43.4 Å². The zero-order chi connectivity index (χ0) is 22.3. The van der Waals surface area contributed by atoms with E-state index in [9.17, 15) is 9.90 Å². The molecule has 0 aliphatic carbocycles. The molecule has 4 rings (SSSR count). The van der Waals surface area contributed by atoms with Gasteiger partial charge in [-0.3, -0.25) is 9.89 Å². The second-order valence-electron chi connectivity index (χ2n) is 6.94. The highest BCUT2D eigenvalue weighted by atomic mass is 16.5. The van der Waals surface area contributed by atoms with Crippen molar-refractivity contribution >= 4 is 23.5 Å². The van der Waals surface area contributed by atoms with Crippen molar-refractivity contribution in [1.29, 1.82) is 0 Å². The molecule has 0 unspecified atom stereocenters. The second kappa shape index (κ2) is 9.60. The van der Waals surface area contributed by atoms with Gasteiger partial charge in [0.05, 0.1) is 12.2 Å². The van der Waals surface area contributed by atoms with Crippen LogP contribution in [0.2, 0.25) is 0 Å². The first-order valence-electron chi connectivity index (χ1n) is 9.93. The van der Waals surface area contributed by atoms with Crippen LogP contribution >= 0.6 is 0 Å². The third kappa shape index (κ3) is 5.39. The van der Waals surface area contributed by atoms with E-state index in [1.165, 1.54) is 7.05 Å². The van der Waals surface area contributed by atoms with E-state index in [1.807, 2.05) is 18.2 Å². The van der Waals surface area contributed by atoms with Crippen molar-refractivity contribution in [3.8, 4) is 5.75 Å². The Balaban J connectivity index is 1.32. The van der Waals surface area contributed by atoms with Gasteiger partial charge in [-0.25, -0.2) is 4.98 Å². The lowest BCUT2D eigenvalue weighted by atomic mass is 10.1. The highest BCUT2D eigenvalue weighted by Crippen LogP contribution is 2.17. The number of nitrogens with zero attached hydrogens (tertiary/aromatic N) is 4. The van der Waals surface area contributed by atoms with Gasteiger partial charge < -0.3 is 25.6 Å². The van der Waals surface area contributed by atoms with Gasteiger partial charge in [0.25, 0.3) is 5.91 Å². The predicted molar refractivity (Wildman–Crippen MR) is 117 cm³/mol. The first kappa shape index (κ1) is 20.8. The number of amides is 1. The van der Waals surface area contributed by atoms with Gasteiger partial charge in [0, 0.05) is 25.4 Å². The van der Waals surface area contributed by atoms with E-state index in [0.717, 1.165) is 24.1 Å². The van der Waals surface area contributed by atoms with Crippen molar-refractivity contribution in [2.24, 2.45) is 0 Å². The Morgan fingerprint density at radius 3 is 2.94 bits per heavy atom. The molecule has 0 aliphatic heterocycles. The SMILES string of the molecule is CNC(=O)c1cc(CNc2nccc(Nc3cc(CCc4cccc(O)c4)n[nH]3)n2)on1. The number of rotatable bonds is 9. The van der Waals surface area contributed by atoms with Gasteiger partial charge in [0.1, 0.15) is 17.4 Å². The molecule has 0 aliphatic rings. The van der Waals surface area contributed by atoms with E-state index in [2.05, 4.69) is 41.3 Å². The Labute approximate surface area is 183 Å². The minimum Gasteiger partial charge on any atom is -0.508 e. The van der Waals surface area contributed by atoms with Crippen LogP contribution in [0.15, 0.2) is 53.2 Å². The number of carbonyl (C=O) groups is 1. The summed E-state index contributed by atoms with van der Waals surface area (Å²) in [5.74, 6) is 2.09. The van der Waals surface area contributed by atoms with E-state index in [1.54, 1.807) is 30.5 Å². The number of aromatic nitrogens is 5. The molecule has 3 heterocycles. The molecule has 5 N–H and O–H groups in total. The van der Waals surface area contributed by atoms with Crippen molar-refractivity contribution in [2.75, 3.05) is 17.7 Å². The first-order chi connectivity index (χ1) is 15.6. The van der Waals surface area contributed by atoms with Gasteiger partial charge >= 0.3 is 0 Å². The number of nitrogens with one attached hydrogen (secondary N) is 4. The normalized spacial score (nSPS) is 10.7. The molecule has 11 heteroatoms. The number of aromatic amines is 1. The summed E-state index contributed by atoms with van der Waals surface area (Å²) in [5, 5.41) is 29.2. The van der Waals surface area contributed by atoms with Crippen LogP contribution in [0.25, 0.3) is 0 Å². The lowest BCUT2D eigenvalue weighted by molar-refractivity contribution is 0.0954. The van der Waals surface area contributed by atoms with Crippen molar-refractivity contribution in [2.45, 2.75) is 19.4 Å². The summed E-state index contributed by atoms with van der Waals surface area (Å²) in [5.41, 5.74) is 2.14. The van der Waals surface area contributed by atoms with E-state index >= 15 is 0 Å². The molecule has 0 spiro atoms. The lowest BCUT2D eigenvalue weighted by Gasteiger charge is -2.05. The maximum absolute atomic E-state index is 11.5. The van der Waals surface area contributed by atoms with E-state index in [-0.39, 0.29) is 23.9 Å². The van der Waals surface area contributed by atoms with Crippen molar-refractivity contribution < 1.29 is 14.4 Å². The zero-order valence-corrected chi connectivity index (χ0v) is 17.3. The molecule has 0 radical (unpaired) electrons. The molecule has 0 fully saturated rings. The van der Waals surface area contributed by atoms with Crippen LogP contribution in [0.3, 0.4) is 0 Å². The fourth-order valence-electron chi connectivity index (χ4n) is 2.99. The van der Waals surface area contributed by atoms with E-state index < -0.39 is 0 Å². The predicted octanol–water partition coefficient (Wildman–Crippen LogP) is 2.39. The minimum absolute atomic E-state index is 0.208. The number of phenols is 1. The average molecular weight is 434 g/mol. The minimum atomic E-state index is -0.316. The smallest absolute Gasteiger partial charge is 0.273 e. The van der Waals surface area contributed by atoms with Gasteiger partial charge in [0.15, 0.2) is 11.5 Å². The average Bonchev–Trinajstić information content (AvgIpc) is 3.46. The fraction of sp³-hybridized carbons (Fsp3) is 0.190. The molecule has 3 aromatic heterocycles. The van der Waals surface area contributed by atoms with E-state index in [4.69, 9.17) is 4.52 Å². The second-order valence-corrected chi connectivity index (χ2v) is 6.94. The van der Waals surface area contributed by atoms with Crippen molar-refractivity contribution in [3.05, 3.63) is 71.4 Å². The largest absolute Gasteiger partial charge is 0.508 e. The zero-order valence-electron chi connectivity index (χ0n) is 17.3. The Hall–Kier alpha value is -4.41. The molecule has 4 aromatic rings. The summed E-state index contributed by atoms with van der Waals surface area (Å²) in [7, 11) is 1.53. The highest BCUT2D eigenvalue weighted by Gasteiger charge is 2.11. The van der Waals surface area contributed by atoms with Crippen LogP contribution in [-0.2, 0) is 19.4 Å². The Kier molecular flexibility index (Phi) is 6.25. The number of benzene rings is 1. The third-order valence-corrected chi connectivity index (χ3v) is 4.57. The molecule has 1 amide bonds. The van der Waals surface area contributed by atoms with Crippen LogP contribution in [0.5, 0.6) is 5.75 Å². The van der Waals surface area contributed by atoms with Gasteiger partial charge in [-0.15, -0.1) is 0 Å². The Morgan fingerprint density at radius 1 is 1.19 bits per heavy atom. The maximum atomic E-state index is 11.5. The number of aryl methyl sites for hydroxylation is 2. The summed E-state index contributed by atoms with van der Waals surface area (Å²) in [6, 6.07) is 12.4. The summed E-state index contributed by atoms with van der Waals surface area (Å²) in [6.07, 6.45) is 3.12. The molecule has 0 bridgehead atoms. The van der Waals surface area contributed by atoms with Crippen LogP contribution in [0.4, 0.5) is 17.6 Å². The van der Waals surface area contributed by atoms with Crippen molar-refractivity contribution in [1.82, 2.24) is 30.6 Å². The lowest BCUT2D eigenvalue weighted by Crippen LogP contribution is -2.17. The summed E-state index contributed by atoms with van der Waals surface area (Å²) in [6.45, 7) is 0.274. The number of H-pyrrole nitrogens is 1. The first-order valence-corrected chi connectivity index (χ1v) is 9.93. The van der Waals surface area contributed by atoms with Crippen molar-refractivity contribution in [3.63, 3.8) is 0 Å². The number of phenolic OH excluding ortho intramolecular Hbond substituents is 1. The van der Waals surface area contributed by atoms with Gasteiger partial charge in [-0.1, -0.05) is 17.3 Å². The molecule has 164 valence electrons. The molecule has 32 heavy (non-hydrogen) atoms.